The monoisotopic (exact) mass is 281 g/mol. The van der Waals surface area contributed by atoms with E-state index in [2.05, 4.69) is 5.32 Å². The molecule has 0 spiro atoms. The summed E-state index contributed by atoms with van der Waals surface area (Å²) in [6.07, 6.45) is 0. The summed E-state index contributed by atoms with van der Waals surface area (Å²) >= 11 is 0. The summed E-state index contributed by atoms with van der Waals surface area (Å²) in [5.74, 6) is -2.27. The number of hydrogen-bond acceptors (Lipinski definition) is 2. The van der Waals surface area contributed by atoms with Gasteiger partial charge in [-0.15, -0.1) is 0 Å². The molecule has 0 aliphatic carbocycles. The first-order valence-corrected chi connectivity index (χ1v) is 6.13. The molecule has 0 aliphatic rings. The highest BCUT2D eigenvalue weighted by atomic mass is 19.2. The standard InChI is InChI=1S/C15H14F3NO/c1-9(12-7-11(16)3-5-15(12)20)19-8-10-2-4-13(17)14(18)6-10/h2-7,9,19-20H,8H2,1H3. The van der Waals surface area contributed by atoms with Gasteiger partial charge >= 0.3 is 0 Å². The first-order valence-electron chi connectivity index (χ1n) is 6.13. The van der Waals surface area contributed by atoms with Crippen LogP contribution in [-0.4, -0.2) is 5.11 Å². The molecule has 0 aliphatic heterocycles. The lowest BCUT2D eigenvalue weighted by Gasteiger charge is -2.16. The second-order valence-corrected chi connectivity index (χ2v) is 4.55. The van der Waals surface area contributed by atoms with Gasteiger partial charge in [-0.2, -0.15) is 0 Å². The van der Waals surface area contributed by atoms with Crippen LogP contribution in [0.15, 0.2) is 36.4 Å². The lowest BCUT2D eigenvalue weighted by Crippen LogP contribution is -2.18. The number of halogens is 3. The van der Waals surface area contributed by atoms with Crippen molar-refractivity contribution in [2.24, 2.45) is 0 Å². The van der Waals surface area contributed by atoms with Crippen molar-refractivity contribution >= 4 is 0 Å². The molecule has 2 nitrogen and oxygen atoms in total. The summed E-state index contributed by atoms with van der Waals surface area (Å²) in [7, 11) is 0. The number of rotatable bonds is 4. The quantitative estimate of drug-likeness (QED) is 0.896. The number of hydrogen-bond donors (Lipinski definition) is 2. The van der Waals surface area contributed by atoms with Crippen molar-refractivity contribution in [3.63, 3.8) is 0 Å². The first kappa shape index (κ1) is 14.4. The van der Waals surface area contributed by atoms with E-state index in [-0.39, 0.29) is 18.3 Å². The van der Waals surface area contributed by atoms with Crippen LogP contribution in [-0.2, 0) is 6.54 Å². The fourth-order valence-corrected chi connectivity index (χ4v) is 1.90. The number of nitrogens with one attached hydrogen (secondary N) is 1. The molecule has 2 aromatic rings. The van der Waals surface area contributed by atoms with Crippen LogP contribution >= 0.6 is 0 Å². The van der Waals surface area contributed by atoms with Gasteiger partial charge in [-0.25, -0.2) is 13.2 Å². The van der Waals surface area contributed by atoms with Gasteiger partial charge in [0.1, 0.15) is 11.6 Å². The van der Waals surface area contributed by atoms with Gasteiger partial charge in [0.15, 0.2) is 11.6 Å². The Hall–Kier alpha value is -2.01. The molecule has 0 heterocycles. The highest BCUT2D eigenvalue weighted by Crippen LogP contribution is 2.25. The SMILES string of the molecule is CC(NCc1ccc(F)c(F)c1)c1cc(F)ccc1O. The predicted octanol–water partition coefficient (Wildman–Crippen LogP) is 3.66. The Labute approximate surface area is 114 Å². The summed E-state index contributed by atoms with van der Waals surface area (Å²) in [4.78, 5) is 0. The van der Waals surface area contributed by atoms with Gasteiger partial charge in [-0.3, -0.25) is 0 Å². The molecule has 5 heteroatoms. The van der Waals surface area contributed by atoms with E-state index in [4.69, 9.17) is 0 Å². The van der Waals surface area contributed by atoms with E-state index in [0.717, 1.165) is 12.1 Å². The van der Waals surface area contributed by atoms with Crippen LogP contribution < -0.4 is 5.32 Å². The number of phenols is 1. The van der Waals surface area contributed by atoms with Crippen molar-refractivity contribution in [1.82, 2.24) is 5.32 Å². The zero-order valence-corrected chi connectivity index (χ0v) is 10.8. The van der Waals surface area contributed by atoms with Gasteiger partial charge in [0.2, 0.25) is 0 Å². The summed E-state index contributed by atoms with van der Waals surface area (Å²) in [5.41, 5.74) is 0.972. The Morgan fingerprint density at radius 2 is 1.80 bits per heavy atom. The summed E-state index contributed by atoms with van der Waals surface area (Å²) in [6.45, 7) is 2.02. The lowest BCUT2D eigenvalue weighted by atomic mass is 10.1. The Balaban J connectivity index is 2.06. The molecule has 0 bridgehead atoms. The van der Waals surface area contributed by atoms with Crippen molar-refractivity contribution in [3.8, 4) is 5.75 Å². The lowest BCUT2D eigenvalue weighted by molar-refractivity contribution is 0.448. The van der Waals surface area contributed by atoms with Crippen LogP contribution in [0.1, 0.15) is 24.1 Å². The largest absolute Gasteiger partial charge is 0.508 e. The van der Waals surface area contributed by atoms with Crippen LogP contribution in [0.2, 0.25) is 0 Å². The topological polar surface area (TPSA) is 32.3 Å². The third-order valence-electron chi connectivity index (χ3n) is 3.05. The van der Waals surface area contributed by atoms with E-state index in [9.17, 15) is 18.3 Å². The van der Waals surface area contributed by atoms with Crippen LogP contribution in [0.5, 0.6) is 5.75 Å². The Morgan fingerprint density at radius 3 is 2.50 bits per heavy atom. The van der Waals surface area contributed by atoms with Gasteiger partial charge < -0.3 is 10.4 Å². The maximum absolute atomic E-state index is 13.1. The average Bonchev–Trinajstić information content (AvgIpc) is 2.42. The molecule has 2 N–H and O–H groups in total. The zero-order valence-electron chi connectivity index (χ0n) is 10.8. The van der Waals surface area contributed by atoms with Crippen LogP contribution in [0, 0.1) is 17.5 Å². The molecule has 0 amide bonds. The predicted molar refractivity (Wildman–Crippen MR) is 69.7 cm³/mol. The Bertz CT molecular complexity index is 616. The molecular weight excluding hydrogens is 267 g/mol. The molecule has 0 radical (unpaired) electrons. The minimum absolute atomic E-state index is 0.0170. The van der Waals surface area contributed by atoms with Gasteiger partial charge in [0, 0.05) is 18.2 Å². The third kappa shape index (κ3) is 3.30. The molecule has 0 aromatic heterocycles. The second kappa shape index (κ2) is 5.96. The maximum Gasteiger partial charge on any atom is 0.159 e. The molecule has 0 saturated heterocycles. The van der Waals surface area contributed by atoms with Gasteiger partial charge in [0.25, 0.3) is 0 Å². The van der Waals surface area contributed by atoms with Crippen LogP contribution in [0.25, 0.3) is 0 Å². The van der Waals surface area contributed by atoms with Crippen molar-refractivity contribution < 1.29 is 18.3 Å². The molecule has 2 aromatic carbocycles. The number of phenolic OH excluding ortho intramolecular Hbond substituents is 1. The van der Waals surface area contributed by atoms with Gasteiger partial charge in [-0.05, 0) is 42.8 Å². The fourth-order valence-electron chi connectivity index (χ4n) is 1.90. The highest BCUT2D eigenvalue weighted by Gasteiger charge is 2.11. The van der Waals surface area contributed by atoms with Gasteiger partial charge in [0.05, 0.1) is 0 Å². The smallest absolute Gasteiger partial charge is 0.159 e. The van der Waals surface area contributed by atoms with Crippen LogP contribution in [0.3, 0.4) is 0 Å². The molecule has 2 rings (SSSR count). The van der Waals surface area contributed by atoms with E-state index in [1.54, 1.807) is 6.92 Å². The summed E-state index contributed by atoms with van der Waals surface area (Å²) in [5, 5.41) is 12.7. The van der Waals surface area contributed by atoms with Crippen LogP contribution in [0.4, 0.5) is 13.2 Å². The van der Waals surface area contributed by atoms with E-state index in [0.29, 0.717) is 11.1 Å². The minimum atomic E-state index is -0.912. The van der Waals surface area contributed by atoms with E-state index in [1.165, 1.54) is 24.3 Å². The first-order chi connectivity index (χ1) is 9.47. The second-order valence-electron chi connectivity index (χ2n) is 4.55. The number of benzene rings is 2. The molecular formula is C15H14F3NO. The number of aromatic hydroxyl groups is 1. The summed E-state index contributed by atoms with van der Waals surface area (Å²) in [6, 6.07) is 6.96. The Kier molecular flexibility index (Phi) is 4.29. The molecule has 0 saturated carbocycles. The maximum atomic E-state index is 13.1. The molecule has 1 unspecified atom stereocenters. The molecule has 20 heavy (non-hydrogen) atoms. The summed E-state index contributed by atoms with van der Waals surface area (Å²) < 4.78 is 39.0. The fraction of sp³-hybridized carbons (Fsp3) is 0.200. The average molecular weight is 281 g/mol. The third-order valence-corrected chi connectivity index (χ3v) is 3.05. The minimum Gasteiger partial charge on any atom is -0.508 e. The zero-order chi connectivity index (χ0) is 14.7. The van der Waals surface area contributed by atoms with E-state index in [1.807, 2.05) is 0 Å². The van der Waals surface area contributed by atoms with Crippen molar-refractivity contribution in [2.75, 3.05) is 0 Å². The van der Waals surface area contributed by atoms with Crippen molar-refractivity contribution in [3.05, 3.63) is 65.0 Å². The Morgan fingerprint density at radius 1 is 1.05 bits per heavy atom. The van der Waals surface area contributed by atoms with Crippen molar-refractivity contribution in [2.45, 2.75) is 19.5 Å². The molecule has 0 fully saturated rings. The highest BCUT2D eigenvalue weighted by molar-refractivity contribution is 5.35. The van der Waals surface area contributed by atoms with E-state index < -0.39 is 17.5 Å². The normalized spacial score (nSPS) is 12.4. The van der Waals surface area contributed by atoms with E-state index >= 15 is 0 Å². The van der Waals surface area contributed by atoms with Crippen molar-refractivity contribution in [1.29, 1.82) is 0 Å². The molecule has 1 atom stereocenters. The molecule has 106 valence electrons. The van der Waals surface area contributed by atoms with Gasteiger partial charge in [-0.1, -0.05) is 6.07 Å².